The zero-order valence-corrected chi connectivity index (χ0v) is 25.2. The van der Waals surface area contributed by atoms with Crippen LogP contribution in [0.5, 0.6) is 0 Å². The van der Waals surface area contributed by atoms with Gasteiger partial charge in [0.25, 0.3) is 0 Å². The molecule has 0 bridgehead atoms. The van der Waals surface area contributed by atoms with Crippen molar-refractivity contribution < 1.29 is 27.2 Å². The van der Waals surface area contributed by atoms with Crippen LogP contribution in [-0.2, 0) is 22.1 Å². The number of nitrogens with zero attached hydrogens (tertiary/aromatic N) is 5. The number of hydrogen-bond acceptors (Lipinski definition) is 6. The highest BCUT2D eigenvalue weighted by molar-refractivity contribution is 5.93. The first-order chi connectivity index (χ1) is 20.9. The molecule has 1 aliphatic carbocycles. The van der Waals surface area contributed by atoms with Crippen LogP contribution in [0.2, 0.25) is 0 Å². The second-order valence-corrected chi connectivity index (χ2v) is 12.0. The van der Waals surface area contributed by atoms with Gasteiger partial charge in [-0.1, -0.05) is 18.6 Å². The molecule has 2 aliphatic rings. The maximum absolute atomic E-state index is 13.7. The maximum atomic E-state index is 13.7. The van der Waals surface area contributed by atoms with Crippen molar-refractivity contribution >= 4 is 17.6 Å². The minimum absolute atomic E-state index is 0.0260. The Labute approximate surface area is 253 Å². The average molecular weight is 610 g/mol. The van der Waals surface area contributed by atoms with E-state index in [1.165, 1.54) is 48.0 Å². The first-order valence-electron chi connectivity index (χ1n) is 14.7. The van der Waals surface area contributed by atoms with Gasteiger partial charge < -0.3 is 9.22 Å². The van der Waals surface area contributed by atoms with Gasteiger partial charge in [-0.2, -0.15) is 18.4 Å². The number of H-pyrrole nitrogens is 1. The molecule has 9 nitrogen and oxygen atoms in total. The highest BCUT2D eigenvalue weighted by Gasteiger charge is 2.41. The summed E-state index contributed by atoms with van der Waals surface area (Å²) in [6, 6.07) is 11.5. The van der Waals surface area contributed by atoms with Gasteiger partial charge in [0.15, 0.2) is 0 Å². The van der Waals surface area contributed by atoms with E-state index in [0.717, 1.165) is 41.6 Å². The smallest absolute Gasteiger partial charge is 0.416 e. The normalized spacial score (nSPS) is 17.8. The number of halogens is 3. The van der Waals surface area contributed by atoms with Crippen LogP contribution in [0, 0.1) is 11.3 Å². The van der Waals surface area contributed by atoms with Gasteiger partial charge >= 0.3 is 17.8 Å². The monoisotopic (exact) mass is 609 g/mol. The van der Waals surface area contributed by atoms with Crippen molar-refractivity contribution in [3.05, 3.63) is 86.5 Å². The van der Waals surface area contributed by atoms with Crippen LogP contribution in [0.15, 0.2) is 58.5 Å². The number of quaternary nitrogens is 1. The number of carbonyl (C=O) groups excluding carboxylic acids is 1. The number of fused-ring (bicyclic) bond motifs is 1. The number of ether oxygens (including phenoxy) is 1. The van der Waals surface area contributed by atoms with E-state index in [9.17, 15) is 28.0 Å². The van der Waals surface area contributed by atoms with Crippen molar-refractivity contribution in [2.75, 3.05) is 32.6 Å². The lowest BCUT2D eigenvalue weighted by Gasteiger charge is -2.40. The van der Waals surface area contributed by atoms with Crippen LogP contribution >= 0.6 is 0 Å². The largest absolute Gasteiger partial charge is 0.466 e. The van der Waals surface area contributed by atoms with E-state index >= 15 is 0 Å². The van der Waals surface area contributed by atoms with Crippen LogP contribution in [0.3, 0.4) is 0 Å². The van der Waals surface area contributed by atoms with Gasteiger partial charge in [-0.05, 0) is 74.1 Å². The number of aromatic amines is 1. The Balaban J connectivity index is 1.66. The minimum Gasteiger partial charge on any atom is -0.466 e. The molecular formula is C32H36F3N6O3+. The lowest BCUT2D eigenvalue weighted by atomic mass is 9.88. The summed E-state index contributed by atoms with van der Waals surface area (Å²) >= 11 is 0. The molecule has 2 heterocycles. The number of hydrogen-bond donors (Lipinski definition) is 1. The molecule has 1 atom stereocenters. The second-order valence-electron chi connectivity index (χ2n) is 12.0. The number of anilines is 2. The van der Waals surface area contributed by atoms with Crippen LogP contribution in [0.4, 0.5) is 24.8 Å². The van der Waals surface area contributed by atoms with Crippen LogP contribution in [0.1, 0.15) is 67.3 Å². The number of rotatable bonds is 7. The van der Waals surface area contributed by atoms with E-state index < -0.39 is 29.4 Å². The highest BCUT2D eigenvalue weighted by Crippen LogP contribution is 2.43. The molecule has 44 heavy (non-hydrogen) atoms. The molecule has 0 spiro atoms. The molecule has 0 unspecified atom stereocenters. The van der Waals surface area contributed by atoms with E-state index in [-0.39, 0.29) is 22.9 Å². The van der Waals surface area contributed by atoms with E-state index in [1.807, 2.05) is 0 Å². The zero-order valence-electron chi connectivity index (χ0n) is 25.2. The van der Waals surface area contributed by atoms with Crippen LogP contribution < -0.4 is 10.6 Å². The van der Waals surface area contributed by atoms with Crippen molar-refractivity contribution in [1.82, 2.24) is 14.8 Å². The van der Waals surface area contributed by atoms with E-state index in [1.54, 1.807) is 25.1 Å². The molecule has 0 amide bonds. The number of aromatic nitrogens is 3. The lowest BCUT2D eigenvalue weighted by Crippen LogP contribution is -2.50. The van der Waals surface area contributed by atoms with Gasteiger partial charge in [0.2, 0.25) is 5.95 Å². The van der Waals surface area contributed by atoms with Crippen molar-refractivity contribution in [1.29, 1.82) is 5.26 Å². The highest BCUT2D eigenvalue weighted by atomic mass is 19.4. The summed E-state index contributed by atoms with van der Waals surface area (Å²) in [5.74, 6) is -0.713. The summed E-state index contributed by atoms with van der Waals surface area (Å²) in [6.07, 6.45) is 1.90. The van der Waals surface area contributed by atoms with Gasteiger partial charge in [0.1, 0.15) is 6.04 Å². The Hall–Kier alpha value is -4.37. The molecule has 1 fully saturated rings. The SMILES string of the molecule is COC(=O)C1=C(C)N(c2cccc(C(F)(F)F)c2)c2n[nH]c(=O)n2[C@@H]1c1ccc(C#N)cc1CC[N+](C)(C)C1CCCCC1. The fourth-order valence-electron chi connectivity index (χ4n) is 6.61. The van der Waals surface area contributed by atoms with Crippen LogP contribution in [0.25, 0.3) is 0 Å². The number of allylic oxidation sites excluding steroid dienone is 1. The third-order valence-corrected chi connectivity index (χ3v) is 9.07. The first kappa shape index (κ1) is 31.1. The average Bonchev–Trinajstić information content (AvgIpc) is 3.39. The quantitative estimate of drug-likeness (QED) is 0.276. The van der Waals surface area contributed by atoms with Gasteiger partial charge in [0, 0.05) is 17.8 Å². The standard InChI is InChI=1S/C32H35F3N6O3/c1-20-27(29(42)44-4)28(40-30(37-38-31(40)43)39(20)24-10-8-9-23(18-24)32(33,34)35)26-14-13-21(19-36)17-22(26)15-16-41(2,3)25-11-6-5-7-12-25/h8-10,13-14,17-18,25,28H,5-7,11-12,15-16H2,1-4H3/p+1/t28-/m1/s1. The molecule has 1 saturated carbocycles. The zero-order chi connectivity index (χ0) is 31.8. The summed E-state index contributed by atoms with van der Waals surface area (Å²) in [4.78, 5) is 28.2. The summed E-state index contributed by atoms with van der Waals surface area (Å²) in [5.41, 5.74) is 0.718. The molecule has 0 radical (unpaired) electrons. The number of benzene rings is 2. The number of nitrogens with one attached hydrogen (secondary N) is 1. The Morgan fingerprint density at radius 2 is 1.89 bits per heavy atom. The number of esters is 1. The lowest BCUT2D eigenvalue weighted by molar-refractivity contribution is -0.916. The first-order valence-corrected chi connectivity index (χ1v) is 14.7. The fraction of sp³-hybridized carbons (Fsp3) is 0.438. The number of likely N-dealkylation sites (N-methyl/N-ethyl adjacent to an activating group) is 1. The van der Waals surface area contributed by atoms with Gasteiger partial charge in [0.05, 0.1) is 56.6 Å². The van der Waals surface area contributed by atoms with Crippen LogP contribution in [-0.4, -0.2) is 59.0 Å². The Morgan fingerprint density at radius 1 is 1.16 bits per heavy atom. The number of methoxy groups -OCH3 is 1. The van der Waals surface area contributed by atoms with E-state index in [0.29, 0.717) is 23.6 Å². The molecule has 3 aromatic rings. The Kier molecular flexibility index (Phi) is 8.44. The predicted octanol–water partition coefficient (Wildman–Crippen LogP) is 5.60. The topological polar surface area (TPSA) is 104 Å². The minimum atomic E-state index is -4.61. The van der Waals surface area contributed by atoms with Crippen molar-refractivity contribution in [3.8, 4) is 6.07 Å². The molecule has 0 saturated heterocycles. The number of alkyl halides is 3. The third kappa shape index (κ3) is 5.76. The van der Waals surface area contributed by atoms with Gasteiger partial charge in [-0.25, -0.2) is 19.3 Å². The Morgan fingerprint density at radius 3 is 2.55 bits per heavy atom. The molecular weight excluding hydrogens is 573 g/mol. The molecule has 5 rings (SSSR count). The molecule has 1 N–H and O–H groups in total. The molecule has 12 heteroatoms. The Bertz CT molecular complexity index is 1690. The van der Waals surface area contributed by atoms with Gasteiger partial charge in [-0.15, -0.1) is 5.10 Å². The molecule has 2 aromatic carbocycles. The van der Waals surface area contributed by atoms with Crippen molar-refractivity contribution in [2.24, 2.45) is 0 Å². The number of nitriles is 1. The predicted molar refractivity (Wildman–Crippen MR) is 158 cm³/mol. The molecule has 1 aromatic heterocycles. The third-order valence-electron chi connectivity index (χ3n) is 9.07. The summed E-state index contributed by atoms with van der Waals surface area (Å²) in [7, 11) is 5.63. The summed E-state index contributed by atoms with van der Waals surface area (Å²) in [6.45, 7) is 2.35. The maximum Gasteiger partial charge on any atom is 0.416 e. The number of carbonyl (C=O) groups is 1. The van der Waals surface area contributed by atoms with Gasteiger partial charge in [-0.3, -0.25) is 4.90 Å². The summed E-state index contributed by atoms with van der Waals surface area (Å²) in [5, 5.41) is 16.3. The molecule has 1 aliphatic heterocycles. The van der Waals surface area contributed by atoms with Crippen molar-refractivity contribution in [2.45, 2.75) is 63.7 Å². The van der Waals surface area contributed by atoms with E-state index in [4.69, 9.17) is 4.74 Å². The molecule has 232 valence electrons. The van der Waals surface area contributed by atoms with Crippen molar-refractivity contribution in [3.63, 3.8) is 0 Å². The van der Waals surface area contributed by atoms with E-state index in [2.05, 4.69) is 30.4 Å². The fourth-order valence-corrected chi connectivity index (χ4v) is 6.61. The summed E-state index contributed by atoms with van der Waals surface area (Å²) < 4.78 is 48.2. The second kappa shape index (κ2) is 12.0.